The predicted octanol–water partition coefficient (Wildman–Crippen LogP) is 1.71. The monoisotopic (exact) mass is 379 g/mol. The number of amides is 1. The van der Waals surface area contributed by atoms with Crippen molar-refractivity contribution in [3.05, 3.63) is 46.0 Å². The average molecular weight is 381 g/mol. The van der Waals surface area contributed by atoms with Crippen LogP contribution in [0.25, 0.3) is 0 Å². The normalized spacial score (nSPS) is 11.3. The minimum atomic E-state index is -3.96. The highest BCUT2D eigenvalue weighted by Crippen LogP contribution is 2.22. The first kappa shape index (κ1) is 15.0. The third kappa shape index (κ3) is 3.37. The molecule has 0 atom stereocenters. The Morgan fingerprint density at radius 3 is 2.80 bits per heavy atom. The number of pyridine rings is 1. The van der Waals surface area contributed by atoms with E-state index in [1.807, 2.05) is 10.3 Å². The molecule has 0 aliphatic rings. The second-order valence-electron chi connectivity index (χ2n) is 3.48. The Labute approximate surface area is 127 Å². The van der Waals surface area contributed by atoms with Crippen LogP contribution >= 0.6 is 27.5 Å². The molecule has 0 spiro atoms. The van der Waals surface area contributed by atoms with Crippen LogP contribution in [0.15, 0.2) is 44.4 Å². The summed E-state index contributed by atoms with van der Waals surface area (Å²) in [5, 5.41) is 0.128. The summed E-state index contributed by atoms with van der Waals surface area (Å²) in [7, 11) is -3.96. The summed E-state index contributed by atoms with van der Waals surface area (Å²) in [5.41, 5.74) is 2.01. The summed E-state index contributed by atoms with van der Waals surface area (Å²) >= 11 is 8.73. The van der Waals surface area contributed by atoms with Crippen molar-refractivity contribution in [2.75, 3.05) is 0 Å². The Morgan fingerprint density at radius 2 is 2.20 bits per heavy atom. The molecule has 10 heteroatoms. The zero-order valence-corrected chi connectivity index (χ0v) is 12.8. The van der Waals surface area contributed by atoms with Gasteiger partial charge in [-0.1, -0.05) is 11.6 Å². The molecule has 2 heterocycles. The number of halogens is 2. The van der Waals surface area contributed by atoms with Crippen molar-refractivity contribution in [3.63, 3.8) is 0 Å². The summed E-state index contributed by atoms with van der Waals surface area (Å²) in [6.07, 6.45) is 2.36. The van der Waals surface area contributed by atoms with E-state index in [9.17, 15) is 13.2 Å². The number of furan rings is 1. The van der Waals surface area contributed by atoms with Crippen molar-refractivity contribution in [1.82, 2.24) is 15.2 Å². The number of hydrazine groups is 1. The van der Waals surface area contributed by atoms with Crippen LogP contribution in [-0.2, 0) is 10.0 Å². The quantitative estimate of drug-likeness (QED) is 0.621. The molecule has 2 N–H and O–H groups in total. The van der Waals surface area contributed by atoms with Crippen LogP contribution in [-0.4, -0.2) is 19.3 Å². The van der Waals surface area contributed by atoms with Crippen LogP contribution in [0.5, 0.6) is 0 Å². The topological polar surface area (TPSA) is 101 Å². The van der Waals surface area contributed by atoms with Crippen LogP contribution < -0.4 is 10.3 Å². The highest BCUT2D eigenvalue weighted by atomic mass is 79.9. The molecule has 106 valence electrons. The van der Waals surface area contributed by atoms with Crippen LogP contribution in [0, 0.1) is 0 Å². The number of hydrogen-bond acceptors (Lipinski definition) is 5. The number of nitrogens with zero attached hydrogens (tertiary/aromatic N) is 1. The summed E-state index contributed by atoms with van der Waals surface area (Å²) in [6, 6.07) is 4.16. The van der Waals surface area contributed by atoms with Gasteiger partial charge in [0, 0.05) is 6.20 Å². The summed E-state index contributed by atoms with van der Waals surface area (Å²) in [6.45, 7) is 0. The van der Waals surface area contributed by atoms with Gasteiger partial charge in [-0.05, 0) is 34.1 Å². The van der Waals surface area contributed by atoms with E-state index in [1.165, 1.54) is 24.5 Å². The molecular weight excluding hydrogens is 374 g/mol. The van der Waals surface area contributed by atoms with Crippen molar-refractivity contribution in [2.45, 2.75) is 4.90 Å². The third-order valence-electron chi connectivity index (χ3n) is 2.13. The maximum Gasteiger partial charge on any atom is 0.301 e. The lowest BCUT2D eigenvalue weighted by Gasteiger charge is -2.07. The van der Waals surface area contributed by atoms with E-state index in [0.717, 1.165) is 6.20 Å². The molecule has 0 aliphatic carbocycles. The molecule has 0 bridgehead atoms. The third-order valence-corrected chi connectivity index (χ3v) is 4.47. The zero-order chi connectivity index (χ0) is 14.8. The molecule has 0 aromatic carbocycles. The van der Waals surface area contributed by atoms with Crippen LogP contribution in [0.1, 0.15) is 10.6 Å². The summed E-state index contributed by atoms with van der Waals surface area (Å²) < 4.78 is 29.0. The Morgan fingerprint density at radius 1 is 1.45 bits per heavy atom. The number of nitrogens with one attached hydrogen (secondary N) is 2. The van der Waals surface area contributed by atoms with Gasteiger partial charge in [-0.25, -0.2) is 13.4 Å². The van der Waals surface area contributed by atoms with Crippen LogP contribution in [0.4, 0.5) is 0 Å². The van der Waals surface area contributed by atoms with Crippen molar-refractivity contribution in [2.24, 2.45) is 0 Å². The lowest BCUT2D eigenvalue weighted by Crippen LogP contribution is -2.41. The van der Waals surface area contributed by atoms with E-state index < -0.39 is 15.9 Å². The van der Waals surface area contributed by atoms with Gasteiger partial charge in [0.15, 0.2) is 5.76 Å². The van der Waals surface area contributed by atoms with Gasteiger partial charge in [-0.15, -0.1) is 4.83 Å². The molecule has 7 nitrogen and oxygen atoms in total. The van der Waals surface area contributed by atoms with Gasteiger partial charge in [0.25, 0.3) is 10.0 Å². The van der Waals surface area contributed by atoms with E-state index in [-0.39, 0.29) is 15.8 Å². The second kappa shape index (κ2) is 5.92. The fourth-order valence-electron chi connectivity index (χ4n) is 1.19. The Hall–Kier alpha value is -1.42. The fourth-order valence-corrected chi connectivity index (χ4v) is 2.61. The SMILES string of the molecule is O=C(NNS(=O)(=O)c1cnc(Cl)c(Br)c1)c1ccco1. The van der Waals surface area contributed by atoms with Crippen molar-refractivity contribution in [3.8, 4) is 0 Å². The zero-order valence-electron chi connectivity index (χ0n) is 9.63. The number of carbonyl (C=O) groups excluding carboxylic acids is 1. The number of sulfonamides is 1. The Kier molecular flexibility index (Phi) is 4.43. The minimum absolute atomic E-state index is 0.0249. The van der Waals surface area contributed by atoms with Gasteiger partial charge in [0.2, 0.25) is 0 Å². The van der Waals surface area contributed by atoms with Crippen LogP contribution in [0.2, 0.25) is 5.15 Å². The number of carbonyl (C=O) groups is 1. The summed E-state index contributed by atoms with van der Waals surface area (Å²) in [4.78, 5) is 17.0. The first-order valence-corrected chi connectivity index (χ1v) is 7.72. The van der Waals surface area contributed by atoms with Crippen molar-refractivity contribution >= 4 is 43.5 Å². The maximum absolute atomic E-state index is 11.9. The molecule has 2 rings (SSSR count). The highest BCUT2D eigenvalue weighted by Gasteiger charge is 2.18. The lowest BCUT2D eigenvalue weighted by molar-refractivity contribution is 0.0917. The van der Waals surface area contributed by atoms with Gasteiger partial charge in [0.05, 0.1) is 10.7 Å². The van der Waals surface area contributed by atoms with E-state index in [2.05, 4.69) is 20.9 Å². The first-order valence-electron chi connectivity index (χ1n) is 5.07. The van der Waals surface area contributed by atoms with Crippen molar-refractivity contribution < 1.29 is 17.6 Å². The van der Waals surface area contributed by atoms with Crippen LogP contribution in [0.3, 0.4) is 0 Å². The molecular formula is C10H7BrClN3O4S. The Bertz CT molecular complexity index is 733. The first-order chi connectivity index (χ1) is 9.40. The average Bonchev–Trinajstić information content (AvgIpc) is 2.93. The number of hydrogen-bond donors (Lipinski definition) is 2. The van der Waals surface area contributed by atoms with E-state index in [0.29, 0.717) is 4.47 Å². The molecule has 0 saturated carbocycles. The largest absolute Gasteiger partial charge is 0.459 e. The van der Waals surface area contributed by atoms with Gasteiger partial charge < -0.3 is 4.42 Å². The fraction of sp³-hybridized carbons (Fsp3) is 0. The molecule has 20 heavy (non-hydrogen) atoms. The molecule has 2 aromatic rings. The van der Waals surface area contributed by atoms with Gasteiger partial charge >= 0.3 is 5.91 Å². The smallest absolute Gasteiger partial charge is 0.301 e. The predicted molar refractivity (Wildman–Crippen MR) is 73.4 cm³/mol. The van der Waals surface area contributed by atoms with E-state index in [4.69, 9.17) is 16.0 Å². The van der Waals surface area contributed by atoms with Gasteiger partial charge in [-0.2, -0.15) is 0 Å². The standard InChI is InChI=1S/C10H7BrClN3O4S/c11-7-4-6(5-13-9(7)12)20(17,18)15-14-10(16)8-2-1-3-19-8/h1-5,15H,(H,14,16). The molecule has 2 aromatic heterocycles. The molecule has 0 unspecified atom stereocenters. The highest BCUT2D eigenvalue weighted by molar-refractivity contribution is 9.10. The molecule has 0 radical (unpaired) electrons. The lowest BCUT2D eigenvalue weighted by atomic mass is 10.4. The summed E-state index contributed by atoms with van der Waals surface area (Å²) in [5.74, 6) is -0.748. The maximum atomic E-state index is 11.9. The second-order valence-corrected chi connectivity index (χ2v) is 6.38. The number of aromatic nitrogens is 1. The molecule has 1 amide bonds. The number of rotatable bonds is 4. The van der Waals surface area contributed by atoms with Gasteiger partial charge in [-0.3, -0.25) is 10.2 Å². The minimum Gasteiger partial charge on any atom is -0.459 e. The van der Waals surface area contributed by atoms with Crippen molar-refractivity contribution in [1.29, 1.82) is 0 Å². The molecule has 0 fully saturated rings. The molecule has 0 saturated heterocycles. The Balaban J connectivity index is 2.11. The van der Waals surface area contributed by atoms with E-state index >= 15 is 0 Å². The van der Waals surface area contributed by atoms with Gasteiger partial charge in [0.1, 0.15) is 10.0 Å². The van der Waals surface area contributed by atoms with E-state index in [1.54, 1.807) is 0 Å². The molecule has 0 aliphatic heterocycles.